The summed E-state index contributed by atoms with van der Waals surface area (Å²) in [6.07, 6.45) is 2.14. The van der Waals surface area contributed by atoms with E-state index in [1.54, 1.807) is 6.92 Å². The van der Waals surface area contributed by atoms with Crippen molar-refractivity contribution in [2.45, 2.75) is 25.0 Å². The Labute approximate surface area is 87.7 Å². The van der Waals surface area contributed by atoms with E-state index in [4.69, 9.17) is 5.11 Å². The van der Waals surface area contributed by atoms with Crippen LogP contribution in [0.15, 0.2) is 0 Å². The Kier molecular flexibility index (Phi) is 4.25. The SMILES string of the molecule is CC(SCC(=O)O)C(=O)N1CCCC1. The minimum atomic E-state index is -0.865. The van der Waals surface area contributed by atoms with Gasteiger partial charge in [-0.2, -0.15) is 0 Å². The Hall–Kier alpha value is -0.710. The van der Waals surface area contributed by atoms with Crippen molar-refractivity contribution in [2.75, 3.05) is 18.8 Å². The maximum atomic E-state index is 11.7. The molecule has 1 aliphatic rings. The Bertz CT molecular complexity index is 226. The molecule has 0 aromatic rings. The number of thioether (sulfide) groups is 1. The second-order valence-electron chi connectivity index (χ2n) is 3.38. The van der Waals surface area contributed by atoms with Gasteiger partial charge in [0.25, 0.3) is 0 Å². The van der Waals surface area contributed by atoms with Gasteiger partial charge >= 0.3 is 5.97 Å². The largest absolute Gasteiger partial charge is 0.481 e. The van der Waals surface area contributed by atoms with E-state index in [9.17, 15) is 9.59 Å². The number of amides is 1. The number of hydrogen-bond acceptors (Lipinski definition) is 3. The number of carbonyl (C=O) groups is 2. The molecule has 1 aliphatic heterocycles. The van der Waals surface area contributed by atoms with Crippen molar-refractivity contribution in [1.29, 1.82) is 0 Å². The molecule has 0 radical (unpaired) electrons. The van der Waals surface area contributed by atoms with Crippen molar-refractivity contribution in [1.82, 2.24) is 4.90 Å². The summed E-state index contributed by atoms with van der Waals surface area (Å²) in [5.41, 5.74) is 0. The zero-order valence-corrected chi connectivity index (χ0v) is 9.05. The topological polar surface area (TPSA) is 57.6 Å². The monoisotopic (exact) mass is 217 g/mol. The first-order valence-corrected chi connectivity index (χ1v) is 5.78. The van der Waals surface area contributed by atoms with Crippen molar-refractivity contribution in [3.05, 3.63) is 0 Å². The molecule has 80 valence electrons. The lowest BCUT2D eigenvalue weighted by Crippen LogP contribution is -2.34. The highest BCUT2D eigenvalue weighted by Crippen LogP contribution is 2.16. The molecule has 0 aromatic carbocycles. The number of carboxylic acid groups (broad SMARTS) is 1. The molecule has 1 unspecified atom stereocenters. The lowest BCUT2D eigenvalue weighted by Gasteiger charge is -2.19. The molecule has 0 bridgehead atoms. The van der Waals surface area contributed by atoms with E-state index in [2.05, 4.69) is 0 Å². The molecular weight excluding hydrogens is 202 g/mol. The fourth-order valence-electron chi connectivity index (χ4n) is 1.46. The molecule has 1 heterocycles. The van der Waals surface area contributed by atoms with Gasteiger partial charge in [-0.15, -0.1) is 11.8 Å². The molecule has 4 nitrogen and oxygen atoms in total. The van der Waals surface area contributed by atoms with Gasteiger partial charge in [-0.3, -0.25) is 9.59 Å². The summed E-state index contributed by atoms with van der Waals surface area (Å²) in [5.74, 6) is -0.786. The molecule has 1 atom stereocenters. The minimum absolute atomic E-state index is 0.000741. The zero-order valence-electron chi connectivity index (χ0n) is 8.23. The quantitative estimate of drug-likeness (QED) is 0.757. The van der Waals surface area contributed by atoms with Gasteiger partial charge in [-0.05, 0) is 19.8 Å². The minimum Gasteiger partial charge on any atom is -0.481 e. The number of nitrogens with zero attached hydrogens (tertiary/aromatic N) is 1. The third-order valence-electron chi connectivity index (χ3n) is 2.22. The molecule has 0 aliphatic carbocycles. The number of carboxylic acids is 1. The first-order chi connectivity index (χ1) is 6.61. The lowest BCUT2D eigenvalue weighted by molar-refractivity contribution is -0.133. The molecule has 0 spiro atoms. The van der Waals surface area contributed by atoms with Crippen LogP contribution in [-0.2, 0) is 9.59 Å². The molecule has 0 saturated carbocycles. The van der Waals surface area contributed by atoms with E-state index in [0.29, 0.717) is 0 Å². The van der Waals surface area contributed by atoms with E-state index in [0.717, 1.165) is 25.9 Å². The normalized spacial score (nSPS) is 18.2. The van der Waals surface area contributed by atoms with Gasteiger partial charge in [0.05, 0.1) is 11.0 Å². The predicted molar refractivity (Wildman–Crippen MR) is 55.4 cm³/mol. The number of hydrogen-bond donors (Lipinski definition) is 1. The summed E-state index contributed by atoms with van der Waals surface area (Å²) in [7, 11) is 0. The first-order valence-electron chi connectivity index (χ1n) is 4.73. The van der Waals surface area contributed by atoms with Gasteiger partial charge in [0, 0.05) is 13.1 Å². The van der Waals surface area contributed by atoms with Crippen molar-refractivity contribution in [2.24, 2.45) is 0 Å². The Morgan fingerprint density at radius 3 is 2.50 bits per heavy atom. The third-order valence-corrected chi connectivity index (χ3v) is 3.34. The van der Waals surface area contributed by atoms with Crippen molar-refractivity contribution >= 4 is 23.6 Å². The number of carbonyl (C=O) groups excluding carboxylic acids is 1. The lowest BCUT2D eigenvalue weighted by atomic mass is 10.4. The van der Waals surface area contributed by atoms with Gasteiger partial charge < -0.3 is 10.0 Å². The maximum Gasteiger partial charge on any atom is 0.313 e. The van der Waals surface area contributed by atoms with Gasteiger partial charge in [-0.1, -0.05) is 0 Å². The van der Waals surface area contributed by atoms with Crippen LogP contribution in [0.5, 0.6) is 0 Å². The molecule has 1 fully saturated rings. The third kappa shape index (κ3) is 3.21. The molecule has 1 amide bonds. The van der Waals surface area contributed by atoms with E-state index in [1.807, 2.05) is 4.90 Å². The Morgan fingerprint density at radius 1 is 1.43 bits per heavy atom. The predicted octanol–water partition coefficient (Wildman–Crippen LogP) is 0.815. The summed E-state index contributed by atoms with van der Waals surface area (Å²) in [6, 6.07) is 0. The molecule has 1 rings (SSSR count). The highest BCUT2D eigenvalue weighted by Gasteiger charge is 2.23. The number of likely N-dealkylation sites (tertiary alicyclic amines) is 1. The van der Waals surface area contributed by atoms with Crippen LogP contribution in [0.4, 0.5) is 0 Å². The highest BCUT2D eigenvalue weighted by molar-refractivity contribution is 8.01. The van der Waals surface area contributed by atoms with Crippen LogP contribution >= 0.6 is 11.8 Å². The van der Waals surface area contributed by atoms with E-state index in [-0.39, 0.29) is 16.9 Å². The molecular formula is C9H15NO3S. The molecule has 0 aromatic heterocycles. The van der Waals surface area contributed by atoms with Gasteiger partial charge in [0.15, 0.2) is 0 Å². The van der Waals surface area contributed by atoms with Crippen molar-refractivity contribution in [3.63, 3.8) is 0 Å². The standard InChI is InChI=1S/C9H15NO3S/c1-7(14-6-8(11)12)9(13)10-4-2-3-5-10/h7H,2-6H2,1H3,(H,11,12). The molecule has 1 saturated heterocycles. The van der Waals surface area contributed by atoms with Crippen LogP contribution in [-0.4, -0.2) is 46.0 Å². The van der Waals surface area contributed by atoms with E-state index in [1.165, 1.54) is 11.8 Å². The molecule has 1 N–H and O–H groups in total. The molecule has 14 heavy (non-hydrogen) atoms. The fraction of sp³-hybridized carbons (Fsp3) is 0.778. The average Bonchev–Trinajstić information content (AvgIpc) is 2.65. The average molecular weight is 217 g/mol. The fourth-order valence-corrected chi connectivity index (χ4v) is 2.15. The van der Waals surface area contributed by atoms with Crippen molar-refractivity contribution in [3.8, 4) is 0 Å². The summed E-state index contributed by atoms with van der Waals surface area (Å²) < 4.78 is 0. The first kappa shape index (κ1) is 11.4. The van der Waals surface area contributed by atoms with Crippen LogP contribution in [0, 0.1) is 0 Å². The van der Waals surface area contributed by atoms with Gasteiger partial charge in [0.2, 0.25) is 5.91 Å². The van der Waals surface area contributed by atoms with Crippen LogP contribution in [0.2, 0.25) is 0 Å². The number of aliphatic carboxylic acids is 1. The summed E-state index contributed by atoms with van der Waals surface area (Å²) in [4.78, 5) is 23.8. The second-order valence-corrected chi connectivity index (χ2v) is 4.71. The Morgan fingerprint density at radius 2 is 2.00 bits per heavy atom. The molecule has 5 heteroatoms. The Balaban J connectivity index is 2.31. The second kappa shape index (κ2) is 5.24. The highest BCUT2D eigenvalue weighted by atomic mass is 32.2. The van der Waals surface area contributed by atoms with Gasteiger partial charge in [-0.25, -0.2) is 0 Å². The maximum absolute atomic E-state index is 11.7. The van der Waals surface area contributed by atoms with Crippen LogP contribution < -0.4 is 0 Å². The van der Waals surface area contributed by atoms with Crippen LogP contribution in [0.25, 0.3) is 0 Å². The van der Waals surface area contributed by atoms with Crippen molar-refractivity contribution < 1.29 is 14.7 Å². The zero-order chi connectivity index (χ0) is 10.6. The van der Waals surface area contributed by atoms with E-state index >= 15 is 0 Å². The van der Waals surface area contributed by atoms with Crippen LogP contribution in [0.3, 0.4) is 0 Å². The summed E-state index contributed by atoms with van der Waals surface area (Å²) >= 11 is 1.19. The summed E-state index contributed by atoms with van der Waals surface area (Å²) in [5, 5.41) is 8.23. The van der Waals surface area contributed by atoms with E-state index < -0.39 is 5.97 Å². The number of rotatable bonds is 4. The van der Waals surface area contributed by atoms with Gasteiger partial charge in [0.1, 0.15) is 0 Å². The smallest absolute Gasteiger partial charge is 0.313 e. The summed E-state index contributed by atoms with van der Waals surface area (Å²) in [6.45, 7) is 3.43. The van der Waals surface area contributed by atoms with Crippen LogP contribution in [0.1, 0.15) is 19.8 Å².